The number of hydrogen-bond donors (Lipinski definition) is 0. The predicted octanol–water partition coefficient (Wildman–Crippen LogP) is 6.39. The summed E-state index contributed by atoms with van der Waals surface area (Å²) in [5, 5.41) is 1.20. The molecule has 0 fully saturated rings. The van der Waals surface area contributed by atoms with Crippen LogP contribution in [0.5, 0.6) is 5.75 Å². The molecule has 2 heterocycles. The number of amides is 2. The minimum atomic E-state index is -0.541. The van der Waals surface area contributed by atoms with Crippen LogP contribution in [-0.4, -0.2) is 35.4 Å². The maximum absolute atomic E-state index is 13.6. The zero-order valence-electron chi connectivity index (χ0n) is 23.3. The Labute approximate surface area is 252 Å². The Morgan fingerprint density at radius 3 is 2.16 bits per heavy atom. The fourth-order valence-corrected chi connectivity index (χ4v) is 5.53. The lowest BCUT2D eigenvalue weighted by atomic mass is 10.1. The highest BCUT2D eigenvalue weighted by Gasteiger charge is 2.37. The van der Waals surface area contributed by atoms with Gasteiger partial charge in [0.05, 0.1) is 35.9 Å². The number of ether oxygens (including phenoxy) is 2. The van der Waals surface area contributed by atoms with E-state index in [1.54, 1.807) is 110 Å². The molecule has 4 aromatic carbocycles. The molecule has 0 radical (unpaired) electrons. The van der Waals surface area contributed by atoms with Crippen molar-refractivity contribution in [1.29, 1.82) is 0 Å². The van der Waals surface area contributed by atoms with Gasteiger partial charge >= 0.3 is 5.97 Å². The number of carbonyl (C=O) groups excluding carboxylic acids is 4. The number of carbonyl (C=O) groups is 4. The third-order valence-corrected chi connectivity index (χ3v) is 7.82. The van der Waals surface area contributed by atoms with E-state index in [0.29, 0.717) is 60.9 Å². The molecule has 214 valence electrons. The van der Waals surface area contributed by atoms with Gasteiger partial charge in [0.15, 0.2) is 0 Å². The van der Waals surface area contributed by atoms with Crippen LogP contribution in [0.15, 0.2) is 91.0 Å². The lowest BCUT2D eigenvalue weighted by Crippen LogP contribution is -2.30. The highest BCUT2D eigenvalue weighted by molar-refractivity contribution is 6.34. The van der Waals surface area contributed by atoms with Crippen molar-refractivity contribution in [3.8, 4) is 5.75 Å². The molecule has 0 unspecified atom stereocenters. The van der Waals surface area contributed by atoms with Crippen molar-refractivity contribution in [1.82, 2.24) is 4.57 Å². The topological polar surface area (TPSA) is 94.9 Å². The lowest BCUT2D eigenvalue weighted by molar-refractivity contribution is -0.144. The summed E-state index contributed by atoms with van der Waals surface area (Å²) >= 11 is 6.02. The second-order valence-corrected chi connectivity index (χ2v) is 10.5. The number of fused-ring (bicyclic) bond motifs is 2. The third-order valence-electron chi connectivity index (χ3n) is 7.57. The summed E-state index contributed by atoms with van der Waals surface area (Å²) in [6, 6.07) is 25.4. The Balaban J connectivity index is 1.27. The van der Waals surface area contributed by atoms with Crippen LogP contribution in [-0.2, 0) is 22.6 Å². The number of hydrogen-bond acceptors (Lipinski definition) is 6. The van der Waals surface area contributed by atoms with Crippen LogP contribution in [0.4, 0.5) is 5.69 Å². The molecule has 5 aromatic rings. The van der Waals surface area contributed by atoms with Crippen molar-refractivity contribution in [2.75, 3.05) is 12.0 Å². The van der Waals surface area contributed by atoms with Gasteiger partial charge in [0.2, 0.25) is 0 Å². The lowest BCUT2D eigenvalue weighted by Gasteiger charge is -2.18. The second kappa shape index (κ2) is 11.2. The van der Waals surface area contributed by atoms with Crippen LogP contribution in [0, 0.1) is 6.92 Å². The van der Waals surface area contributed by atoms with E-state index in [2.05, 4.69) is 0 Å². The molecule has 8 nitrogen and oxygen atoms in total. The second-order valence-electron chi connectivity index (χ2n) is 10.1. The Kier molecular flexibility index (Phi) is 7.29. The molecule has 43 heavy (non-hydrogen) atoms. The maximum Gasteiger partial charge on any atom is 0.310 e. The van der Waals surface area contributed by atoms with Crippen LogP contribution in [0.25, 0.3) is 10.9 Å². The normalized spacial score (nSPS) is 12.5. The van der Waals surface area contributed by atoms with Gasteiger partial charge in [-0.1, -0.05) is 41.9 Å². The molecule has 2 amide bonds. The van der Waals surface area contributed by atoms with E-state index < -0.39 is 17.8 Å². The smallest absolute Gasteiger partial charge is 0.310 e. The van der Waals surface area contributed by atoms with Crippen LogP contribution >= 0.6 is 11.6 Å². The molecular weight excluding hydrogens is 568 g/mol. The van der Waals surface area contributed by atoms with Crippen LogP contribution < -0.4 is 9.64 Å². The molecular formula is C34H25ClN2O6. The van der Waals surface area contributed by atoms with E-state index >= 15 is 0 Å². The number of rotatable bonds is 7. The van der Waals surface area contributed by atoms with Crippen molar-refractivity contribution in [3.05, 3.63) is 130 Å². The Morgan fingerprint density at radius 1 is 0.837 bits per heavy atom. The first-order chi connectivity index (χ1) is 20.8. The summed E-state index contributed by atoms with van der Waals surface area (Å²) in [5.41, 5.74) is 3.79. The largest absolute Gasteiger partial charge is 0.497 e. The monoisotopic (exact) mass is 592 g/mol. The Bertz CT molecular complexity index is 1910. The molecule has 1 aromatic heterocycles. The number of anilines is 1. The summed E-state index contributed by atoms with van der Waals surface area (Å²) in [6.45, 7) is 1.62. The van der Waals surface area contributed by atoms with Crippen LogP contribution in [0.2, 0.25) is 5.02 Å². The molecule has 1 aliphatic rings. The van der Waals surface area contributed by atoms with Crippen LogP contribution in [0.3, 0.4) is 0 Å². The molecule has 0 aliphatic carbocycles. The quantitative estimate of drug-likeness (QED) is 0.161. The van der Waals surface area contributed by atoms with Gasteiger partial charge in [-0.25, -0.2) is 4.90 Å². The van der Waals surface area contributed by atoms with Crippen molar-refractivity contribution >= 4 is 51.9 Å². The number of aromatic nitrogens is 1. The van der Waals surface area contributed by atoms with E-state index in [0.717, 1.165) is 4.90 Å². The van der Waals surface area contributed by atoms with Gasteiger partial charge in [0.25, 0.3) is 17.7 Å². The average Bonchev–Trinajstić information content (AvgIpc) is 3.44. The van der Waals surface area contributed by atoms with Crippen molar-refractivity contribution in [2.24, 2.45) is 0 Å². The third kappa shape index (κ3) is 4.96. The molecule has 0 N–H and O–H groups in total. The minimum Gasteiger partial charge on any atom is -0.497 e. The van der Waals surface area contributed by atoms with Gasteiger partial charge in [0.1, 0.15) is 12.4 Å². The van der Waals surface area contributed by atoms with Gasteiger partial charge in [-0.15, -0.1) is 0 Å². The minimum absolute atomic E-state index is 0.119. The van der Waals surface area contributed by atoms with Crippen molar-refractivity contribution in [2.45, 2.75) is 20.0 Å². The van der Waals surface area contributed by atoms with Gasteiger partial charge in [-0.3, -0.25) is 23.7 Å². The van der Waals surface area contributed by atoms with Crippen molar-refractivity contribution < 1.29 is 28.7 Å². The molecule has 0 bridgehead atoms. The molecule has 0 spiro atoms. The highest BCUT2D eigenvalue weighted by Crippen LogP contribution is 2.33. The fraction of sp³-hybridized carbons (Fsp3) is 0.118. The zero-order chi connectivity index (χ0) is 30.2. The van der Waals surface area contributed by atoms with Gasteiger partial charge in [-0.05, 0) is 73.2 Å². The average molecular weight is 593 g/mol. The molecule has 0 saturated carbocycles. The van der Waals surface area contributed by atoms with E-state index in [1.807, 2.05) is 0 Å². The van der Waals surface area contributed by atoms with Gasteiger partial charge < -0.3 is 9.47 Å². The van der Waals surface area contributed by atoms with Gasteiger partial charge in [0, 0.05) is 27.2 Å². The number of nitrogens with zero attached hydrogens (tertiary/aromatic N) is 2. The molecule has 6 rings (SSSR count). The number of halogens is 1. The van der Waals surface area contributed by atoms with Crippen molar-refractivity contribution in [3.63, 3.8) is 0 Å². The molecule has 0 saturated heterocycles. The number of methoxy groups -OCH3 is 1. The first-order valence-electron chi connectivity index (χ1n) is 13.5. The van der Waals surface area contributed by atoms with E-state index in [1.165, 1.54) is 0 Å². The van der Waals surface area contributed by atoms with Gasteiger partial charge in [-0.2, -0.15) is 0 Å². The van der Waals surface area contributed by atoms with Crippen LogP contribution in [0.1, 0.15) is 47.9 Å². The first kappa shape index (κ1) is 27.9. The molecule has 0 atom stereocenters. The summed E-state index contributed by atoms with van der Waals surface area (Å²) in [5.74, 6) is -1.09. The highest BCUT2D eigenvalue weighted by atomic mass is 35.5. The first-order valence-corrected chi connectivity index (χ1v) is 13.9. The molecule has 1 aliphatic heterocycles. The predicted molar refractivity (Wildman–Crippen MR) is 162 cm³/mol. The zero-order valence-corrected chi connectivity index (χ0v) is 24.1. The molecule has 9 heteroatoms. The van der Waals surface area contributed by atoms with E-state index in [9.17, 15) is 19.2 Å². The maximum atomic E-state index is 13.6. The summed E-state index contributed by atoms with van der Waals surface area (Å²) in [7, 11) is 1.55. The summed E-state index contributed by atoms with van der Waals surface area (Å²) in [4.78, 5) is 54.1. The number of esters is 1. The van der Waals surface area contributed by atoms with E-state index in [4.69, 9.17) is 21.1 Å². The summed E-state index contributed by atoms with van der Waals surface area (Å²) < 4.78 is 12.7. The summed E-state index contributed by atoms with van der Waals surface area (Å²) in [6.07, 6.45) is -0.119. The standard InChI is InChI=1S/C34H25ClN2O6/c1-20-27(28-17-24(42-2)15-16-30(28)36(20)32(39)21-11-13-23(35)14-12-21)18-31(38)43-19-22-7-3-6-10-29(22)37-33(40)25-8-4-5-9-26(25)34(37)41/h3-17H,18-19H2,1-2H3. The van der Waals surface area contributed by atoms with E-state index in [-0.39, 0.29) is 18.9 Å². The number of imide groups is 1. The number of para-hydroxylation sites is 1. The SMILES string of the molecule is COc1ccc2c(c1)c(CC(=O)OCc1ccccc1N1C(=O)c3ccccc3C1=O)c(C)n2C(=O)c1ccc(Cl)cc1. The Hall–Kier alpha value is -5.21. The Morgan fingerprint density at radius 2 is 1.49 bits per heavy atom. The fourth-order valence-electron chi connectivity index (χ4n) is 5.41. The number of benzene rings is 4.